The fourth-order valence-electron chi connectivity index (χ4n) is 3.16. The molecule has 1 aliphatic rings. The van der Waals surface area contributed by atoms with Gasteiger partial charge in [-0.3, -0.25) is 9.59 Å². The maximum absolute atomic E-state index is 12.5. The van der Waals surface area contributed by atoms with Gasteiger partial charge in [0, 0.05) is 24.8 Å². The van der Waals surface area contributed by atoms with Crippen molar-refractivity contribution in [3.8, 4) is 11.5 Å². The molecule has 2 aromatic rings. The van der Waals surface area contributed by atoms with E-state index in [2.05, 4.69) is 5.32 Å². The van der Waals surface area contributed by atoms with Crippen molar-refractivity contribution in [1.29, 1.82) is 0 Å². The number of ether oxygens (including phenoxy) is 2. The summed E-state index contributed by atoms with van der Waals surface area (Å²) in [5, 5.41) is 3.02. The van der Waals surface area contributed by atoms with Crippen LogP contribution in [0.2, 0.25) is 0 Å². The number of rotatable bonds is 6. The van der Waals surface area contributed by atoms with Crippen LogP contribution in [0.1, 0.15) is 46.8 Å². The number of carbonyl (C=O) groups excluding carboxylic acids is 2. The van der Waals surface area contributed by atoms with Crippen LogP contribution in [-0.2, 0) is 4.79 Å². The first-order chi connectivity index (χ1) is 12.6. The van der Waals surface area contributed by atoms with Gasteiger partial charge < -0.3 is 14.8 Å². The van der Waals surface area contributed by atoms with Crippen molar-refractivity contribution in [2.75, 3.05) is 13.7 Å². The molecule has 0 saturated heterocycles. The normalized spacial score (nSPS) is 15.5. The molecule has 136 valence electrons. The number of hydrogen-bond donors (Lipinski definition) is 1. The molecule has 0 saturated carbocycles. The highest BCUT2D eigenvalue weighted by atomic mass is 16.5. The standard InChI is InChI=1S/C21H23NO4/c1-14-7-9-19(25-2)16(13-14)18(23)8-10-21(24)22-17-11-12-26-20-6-4-3-5-15(17)20/h3-7,9,13,17H,8,10-12H2,1-2H3,(H,22,24). The predicted molar refractivity (Wildman–Crippen MR) is 98.7 cm³/mol. The minimum Gasteiger partial charge on any atom is -0.496 e. The van der Waals surface area contributed by atoms with Gasteiger partial charge in [0.25, 0.3) is 0 Å². The first-order valence-electron chi connectivity index (χ1n) is 8.77. The van der Waals surface area contributed by atoms with Gasteiger partial charge in [-0.2, -0.15) is 0 Å². The van der Waals surface area contributed by atoms with Crippen LogP contribution in [0.3, 0.4) is 0 Å². The van der Waals surface area contributed by atoms with Gasteiger partial charge >= 0.3 is 0 Å². The van der Waals surface area contributed by atoms with Gasteiger partial charge in [0.05, 0.1) is 25.3 Å². The second kappa shape index (κ2) is 8.04. The Morgan fingerprint density at radius 3 is 2.81 bits per heavy atom. The third-order valence-electron chi connectivity index (χ3n) is 4.53. The van der Waals surface area contributed by atoms with E-state index < -0.39 is 0 Å². The van der Waals surface area contributed by atoms with Crippen LogP contribution in [0.15, 0.2) is 42.5 Å². The van der Waals surface area contributed by atoms with Crippen molar-refractivity contribution in [2.45, 2.75) is 32.2 Å². The number of Topliss-reactive ketones (excluding diaryl/α,β-unsaturated/α-hetero) is 1. The Bertz CT molecular complexity index is 815. The number of aryl methyl sites for hydroxylation is 1. The van der Waals surface area contributed by atoms with Gasteiger partial charge in [-0.15, -0.1) is 0 Å². The van der Waals surface area contributed by atoms with Gasteiger partial charge in [-0.05, 0) is 25.1 Å². The van der Waals surface area contributed by atoms with E-state index in [-0.39, 0.29) is 30.6 Å². The maximum atomic E-state index is 12.5. The minimum absolute atomic E-state index is 0.0731. The van der Waals surface area contributed by atoms with Crippen molar-refractivity contribution in [3.63, 3.8) is 0 Å². The van der Waals surface area contributed by atoms with Gasteiger partial charge in [0.2, 0.25) is 5.91 Å². The Morgan fingerprint density at radius 2 is 2.00 bits per heavy atom. The Hall–Kier alpha value is -2.82. The van der Waals surface area contributed by atoms with E-state index in [0.717, 1.165) is 23.3 Å². The fraction of sp³-hybridized carbons (Fsp3) is 0.333. The number of hydrogen-bond acceptors (Lipinski definition) is 4. The summed E-state index contributed by atoms with van der Waals surface area (Å²) < 4.78 is 10.9. The fourth-order valence-corrected chi connectivity index (χ4v) is 3.16. The third-order valence-corrected chi connectivity index (χ3v) is 4.53. The van der Waals surface area contributed by atoms with Crippen LogP contribution >= 0.6 is 0 Å². The lowest BCUT2D eigenvalue weighted by atomic mass is 9.99. The molecule has 0 bridgehead atoms. The average Bonchev–Trinajstić information content (AvgIpc) is 2.66. The number of nitrogens with one attached hydrogen (secondary N) is 1. The molecule has 0 radical (unpaired) electrons. The van der Waals surface area contributed by atoms with E-state index in [0.29, 0.717) is 17.9 Å². The first kappa shape index (κ1) is 18.0. The minimum atomic E-state index is -0.133. The molecule has 3 rings (SSSR count). The monoisotopic (exact) mass is 353 g/mol. The molecule has 0 spiro atoms. The van der Waals surface area contributed by atoms with Crippen LogP contribution in [0, 0.1) is 6.92 Å². The topological polar surface area (TPSA) is 64.6 Å². The predicted octanol–water partition coefficient (Wildman–Crippen LogP) is 3.61. The van der Waals surface area contributed by atoms with E-state index in [4.69, 9.17) is 9.47 Å². The molecule has 5 nitrogen and oxygen atoms in total. The zero-order valence-corrected chi connectivity index (χ0v) is 15.1. The highest BCUT2D eigenvalue weighted by Crippen LogP contribution is 2.31. The number of carbonyl (C=O) groups is 2. The lowest BCUT2D eigenvalue weighted by Crippen LogP contribution is -2.32. The van der Waals surface area contributed by atoms with E-state index in [1.807, 2.05) is 37.3 Å². The van der Waals surface area contributed by atoms with E-state index >= 15 is 0 Å². The smallest absolute Gasteiger partial charge is 0.220 e. The molecule has 2 aromatic carbocycles. The average molecular weight is 353 g/mol. The second-order valence-electron chi connectivity index (χ2n) is 6.42. The Morgan fingerprint density at radius 1 is 1.19 bits per heavy atom. The quantitative estimate of drug-likeness (QED) is 0.806. The Labute approximate surface area is 153 Å². The molecule has 1 atom stereocenters. The van der Waals surface area contributed by atoms with Crippen LogP contribution in [0.25, 0.3) is 0 Å². The van der Waals surface area contributed by atoms with E-state index in [1.54, 1.807) is 12.1 Å². The Kier molecular flexibility index (Phi) is 5.56. The molecule has 1 heterocycles. The number of ketones is 1. The van der Waals surface area contributed by atoms with Crippen molar-refractivity contribution in [1.82, 2.24) is 5.32 Å². The molecule has 1 amide bonds. The van der Waals surface area contributed by atoms with Crippen LogP contribution in [0.4, 0.5) is 0 Å². The number of para-hydroxylation sites is 1. The molecule has 1 aliphatic heterocycles. The van der Waals surface area contributed by atoms with Gasteiger partial charge in [0.1, 0.15) is 11.5 Å². The molecule has 0 aliphatic carbocycles. The summed E-state index contributed by atoms with van der Waals surface area (Å²) in [5.41, 5.74) is 2.49. The van der Waals surface area contributed by atoms with Crippen molar-refractivity contribution < 1.29 is 19.1 Å². The number of amides is 1. The third kappa shape index (κ3) is 4.04. The van der Waals surface area contributed by atoms with Crippen LogP contribution in [0.5, 0.6) is 11.5 Å². The van der Waals surface area contributed by atoms with Crippen molar-refractivity contribution in [3.05, 3.63) is 59.2 Å². The van der Waals surface area contributed by atoms with Gasteiger partial charge in [-0.1, -0.05) is 29.8 Å². The summed E-state index contributed by atoms with van der Waals surface area (Å²) in [6, 6.07) is 13.1. The zero-order valence-electron chi connectivity index (χ0n) is 15.1. The second-order valence-corrected chi connectivity index (χ2v) is 6.42. The zero-order chi connectivity index (χ0) is 18.5. The van der Waals surface area contributed by atoms with Crippen molar-refractivity contribution in [2.24, 2.45) is 0 Å². The summed E-state index contributed by atoms with van der Waals surface area (Å²) in [7, 11) is 1.54. The summed E-state index contributed by atoms with van der Waals surface area (Å²) >= 11 is 0. The van der Waals surface area contributed by atoms with E-state index in [9.17, 15) is 9.59 Å². The molecule has 26 heavy (non-hydrogen) atoms. The molecule has 0 fully saturated rings. The van der Waals surface area contributed by atoms with Gasteiger partial charge in [0.15, 0.2) is 5.78 Å². The maximum Gasteiger partial charge on any atom is 0.220 e. The molecule has 0 aromatic heterocycles. The number of benzene rings is 2. The number of methoxy groups -OCH3 is 1. The highest BCUT2D eigenvalue weighted by molar-refractivity contribution is 6.00. The van der Waals surface area contributed by atoms with Crippen LogP contribution in [-0.4, -0.2) is 25.4 Å². The van der Waals surface area contributed by atoms with E-state index in [1.165, 1.54) is 7.11 Å². The summed E-state index contributed by atoms with van der Waals surface area (Å²) in [4.78, 5) is 24.8. The van der Waals surface area contributed by atoms with Crippen LogP contribution < -0.4 is 14.8 Å². The van der Waals surface area contributed by atoms with Crippen molar-refractivity contribution >= 4 is 11.7 Å². The summed E-state index contributed by atoms with van der Waals surface area (Å²) in [6.45, 7) is 2.49. The first-order valence-corrected chi connectivity index (χ1v) is 8.77. The largest absolute Gasteiger partial charge is 0.496 e. The molecule has 1 N–H and O–H groups in total. The Balaban J connectivity index is 1.60. The lowest BCUT2D eigenvalue weighted by Gasteiger charge is -2.26. The SMILES string of the molecule is COc1ccc(C)cc1C(=O)CCC(=O)NC1CCOc2ccccc21. The summed E-state index contributed by atoms with van der Waals surface area (Å²) in [5.74, 6) is 1.13. The highest BCUT2D eigenvalue weighted by Gasteiger charge is 2.23. The van der Waals surface area contributed by atoms with Gasteiger partial charge in [-0.25, -0.2) is 0 Å². The molecule has 1 unspecified atom stereocenters. The molecule has 5 heteroatoms. The number of fused-ring (bicyclic) bond motifs is 1. The molecular formula is C21H23NO4. The molecular weight excluding hydrogens is 330 g/mol. The lowest BCUT2D eigenvalue weighted by molar-refractivity contribution is -0.122. The summed E-state index contributed by atoms with van der Waals surface area (Å²) in [6.07, 6.45) is 1.02.